The van der Waals surface area contributed by atoms with Crippen molar-refractivity contribution in [3.05, 3.63) is 58.9 Å². The normalized spacial score (nSPS) is 22.6. The number of fused-ring (bicyclic) bond motifs is 1. The summed E-state index contributed by atoms with van der Waals surface area (Å²) in [6.45, 7) is 0.177. The Morgan fingerprint density at radius 3 is 2.79 bits per heavy atom. The first-order chi connectivity index (χ1) is 13.4. The first-order valence-electron chi connectivity index (χ1n) is 8.65. The van der Waals surface area contributed by atoms with Gasteiger partial charge in [-0.15, -0.1) is 0 Å². The first-order valence-corrected chi connectivity index (χ1v) is 11.7. The average Bonchev–Trinajstić information content (AvgIpc) is 3.15. The lowest BCUT2D eigenvalue weighted by Crippen LogP contribution is -2.28. The summed E-state index contributed by atoms with van der Waals surface area (Å²) >= 11 is 7.66. The van der Waals surface area contributed by atoms with Gasteiger partial charge in [0.05, 0.1) is 31.2 Å². The smallest absolute Gasteiger partial charge is 0.164 e. The van der Waals surface area contributed by atoms with Crippen molar-refractivity contribution in [2.24, 2.45) is 4.99 Å². The highest BCUT2D eigenvalue weighted by molar-refractivity contribution is 8.15. The monoisotopic (exact) mass is 440 g/mol. The molecule has 2 aromatic carbocycles. The Kier molecular flexibility index (Phi) is 5.28. The molecule has 2 atom stereocenters. The Hall–Kier alpha value is -1.77. The maximum atomic E-state index is 14.4. The molecule has 0 N–H and O–H groups in total. The van der Waals surface area contributed by atoms with Crippen LogP contribution in [0.25, 0.3) is 0 Å². The molecule has 2 aliphatic rings. The number of hydrogen-bond acceptors (Lipinski definition) is 6. The molecule has 1 fully saturated rings. The van der Waals surface area contributed by atoms with E-state index in [4.69, 9.17) is 16.3 Å². The van der Waals surface area contributed by atoms with E-state index in [0.717, 1.165) is 5.69 Å². The fraction of sp³-hybridized carbons (Fsp3) is 0.316. The molecular formula is C19H18ClFN2O3S2. The van der Waals surface area contributed by atoms with Crippen LogP contribution in [0.1, 0.15) is 5.56 Å². The molecule has 2 heterocycles. The van der Waals surface area contributed by atoms with Crippen molar-refractivity contribution in [2.45, 2.75) is 17.8 Å². The van der Waals surface area contributed by atoms with E-state index >= 15 is 0 Å². The highest BCUT2D eigenvalue weighted by Gasteiger charge is 2.44. The van der Waals surface area contributed by atoms with E-state index in [1.54, 1.807) is 19.2 Å². The van der Waals surface area contributed by atoms with Gasteiger partial charge >= 0.3 is 0 Å². The van der Waals surface area contributed by atoms with Crippen LogP contribution in [0.5, 0.6) is 5.75 Å². The van der Waals surface area contributed by atoms with Gasteiger partial charge in [-0.1, -0.05) is 35.5 Å². The first kappa shape index (κ1) is 19.5. The zero-order chi connectivity index (χ0) is 19.9. The van der Waals surface area contributed by atoms with Crippen molar-refractivity contribution in [3.8, 4) is 5.75 Å². The lowest BCUT2D eigenvalue weighted by Gasteiger charge is -2.25. The number of thioether (sulfide) groups is 1. The number of sulfone groups is 1. The number of rotatable bonds is 4. The minimum absolute atomic E-state index is 0.0561. The van der Waals surface area contributed by atoms with E-state index in [0.29, 0.717) is 21.5 Å². The Balaban J connectivity index is 1.72. The number of ether oxygens (including phenoxy) is 1. The van der Waals surface area contributed by atoms with Crippen LogP contribution in [-0.4, -0.2) is 43.5 Å². The lowest BCUT2D eigenvalue weighted by molar-refractivity contribution is 0.415. The highest BCUT2D eigenvalue weighted by atomic mass is 35.5. The van der Waals surface area contributed by atoms with Crippen molar-refractivity contribution in [3.63, 3.8) is 0 Å². The van der Waals surface area contributed by atoms with Crippen molar-refractivity contribution in [1.82, 2.24) is 0 Å². The van der Waals surface area contributed by atoms with Crippen LogP contribution in [0, 0.1) is 5.82 Å². The predicted octanol–water partition coefficient (Wildman–Crippen LogP) is 3.76. The van der Waals surface area contributed by atoms with Gasteiger partial charge in [-0.3, -0.25) is 4.99 Å². The lowest BCUT2D eigenvalue weighted by atomic mass is 10.2. The van der Waals surface area contributed by atoms with Gasteiger partial charge in [-0.2, -0.15) is 0 Å². The molecule has 9 heteroatoms. The fourth-order valence-corrected chi connectivity index (χ4v) is 7.36. The number of halogens is 2. The Morgan fingerprint density at radius 1 is 1.29 bits per heavy atom. The molecule has 5 nitrogen and oxygen atoms in total. The molecule has 2 aliphatic heterocycles. The molecule has 0 radical (unpaired) electrons. The average molecular weight is 441 g/mol. The fourth-order valence-electron chi connectivity index (χ4n) is 3.36. The molecule has 0 aliphatic carbocycles. The van der Waals surface area contributed by atoms with E-state index in [1.807, 2.05) is 29.2 Å². The van der Waals surface area contributed by atoms with Crippen LogP contribution in [0.4, 0.5) is 10.1 Å². The third kappa shape index (κ3) is 3.86. The van der Waals surface area contributed by atoms with Crippen LogP contribution >= 0.6 is 23.4 Å². The maximum Gasteiger partial charge on any atom is 0.164 e. The predicted molar refractivity (Wildman–Crippen MR) is 112 cm³/mol. The summed E-state index contributed by atoms with van der Waals surface area (Å²) in [5.74, 6) is 0.433. The van der Waals surface area contributed by atoms with Crippen LogP contribution in [-0.2, 0) is 16.4 Å². The number of benzene rings is 2. The molecule has 0 saturated carbocycles. The summed E-state index contributed by atoms with van der Waals surface area (Å²) in [4.78, 5) is 6.52. The number of nitrogens with zero attached hydrogens (tertiary/aromatic N) is 2. The molecule has 0 aromatic heterocycles. The number of amidine groups is 1. The molecule has 0 unspecified atom stereocenters. The summed E-state index contributed by atoms with van der Waals surface area (Å²) in [6.07, 6.45) is 0. The van der Waals surface area contributed by atoms with Gasteiger partial charge in [0.15, 0.2) is 15.0 Å². The van der Waals surface area contributed by atoms with Gasteiger partial charge in [-0.25, -0.2) is 12.8 Å². The summed E-state index contributed by atoms with van der Waals surface area (Å²) in [7, 11) is -1.47. The Morgan fingerprint density at radius 2 is 2.07 bits per heavy atom. The highest BCUT2D eigenvalue weighted by Crippen LogP contribution is 2.38. The number of methoxy groups -OCH3 is 1. The summed E-state index contributed by atoms with van der Waals surface area (Å²) < 4.78 is 43.5. The van der Waals surface area contributed by atoms with E-state index in [1.165, 1.54) is 17.8 Å². The minimum atomic E-state index is -3.05. The van der Waals surface area contributed by atoms with Gasteiger partial charge in [0.1, 0.15) is 11.6 Å². The number of aliphatic imine (C=N–C) groups is 1. The second-order valence-electron chi connectivity index (χ2n) is 6.70. The quantitative estimate of drug-likeness (QED) is 0.724. The van der Waals surface area contributed by atoms with Gasteiger partial charge in [0.2, 0.25) is 0 Å². The Labute approximate surface area is 172 Å². The van der Waals surface area contributed by atoms with Crippen LogP contribution in [0.3, 0.4) is 0 Å². The third-order valence-electron chi connectivity index (χ3n) is 4.78. The van der Waals surface area contributed by atoms with Gasteiger partial charge in [0, 0.05) is 27.6 Å². The molecule has 1 saturated heterocycles. The molecule has 2 aromatic rings. The van der Waals surface area contributed by atoms with Gasteiger partial charge in [0.25, 0.3) is 0 Å². The summed E-state index contributed by atoms with van der Waals surface area (Å²) in [6, 6.07) is 11.7. The van der Waals surface area contributed by atoms with E-state index in [9.17, 15) is 12.8 Å². The third-order valence-corrected chi connectivity index (χ3v) is 8.38. The molecule has 28 heavy (non-hydrogen) atoms. The van der Waals surface area contributed by atoms with Crippen molar-refractivity contribution in [2.75, 3.05) is 23.5 Å². The zero-order valence-electron chi connectivity index (χ0n) is 15.0. The van der Waals surface area contributed by atoms with Crippen LogP contribution < -0.4 is 9.64 Å². The topological polar surface area (TPSA) is 59.0 Å². The van der Waals surface area contributed by atoms with Crippen molar-refractivity contribution >= 4 is 44.1 Å². The van der Waals surface area contributed by atoms with Crippen LogP contribution in [0.2, 0.25) is 5.02 Å². The SMILES string of the molecule is COc1cccc(N(Cc2c(F)cccc2Cl)C2=N[C@@H]3CS(=O)(=O)C[C@@H]3S2)c1. The molecule has 148 valence electrons. The molecule has 0 bridgehead atoms. The molecule has 0 amide bonds. The van der Waals surface area contributed by atoms with E-state index < -0.39 is 15.7 Å². The number of anilines is 1. The van der Waals surface area contributed by atoms with E-state index in [2.05, 4.69) is 4.99 Å². The largest absolute Gasteiger partial charge is 0.497 e. The standard InChI is InChI=1S/C19H18ClFN2O3S2/c1-26-13-5-2-4-12(8-13)23(9-14-15(20)6-3-7-16(14)21)19-22-17-10-28(24,25)11-18(17)27-19/h2-8,17-18H,9-11H2,1H3/t17-,18+/m1/s1. The summed E-state index contributed by atoms with van der Waals surface area (Å²) in [5.41, 5.74) is 1.13. The minimum Gasteiger partial charge on any atom is -0.497 e. The second-order valence-corrected chi connectivity index (χ2v) is 10.5. The van der Waals surface area contributed by atoms with Crippen molar-refractivity contribution < 1.29 is 17.5 Å². The summed E-state index contributed by atoms with van der Waals surface area (Å²) in [5, 5.41) is 0.890. The maximum absolute atomic E-state index is 14.4. The molecule has 0 spiro atoms. The van der Waals surface area contributed by atoms with Gasteiger partial charge < -0.3 is 9.64 Å². The van der Waals surface area contributed by atoms with Gasteiger partial charge in [-0.05, 0) is 24.3 Å². The molecular weight excluding hydrogens is 423 g/mol. The van der Waals surface area contributed by atoms with Crippen LogP contribution in [0.15, 0.2) is 47.5 Å². The Bertz CT molecular complexity index is 1020. The van der Waals surface area contributed by atoms with Crippen molar-refractivity contribution in [1.29, 1.82) is 0 Å². The zero-order valence-corrected chi connectivity index (χ0v) is 17.4. The number of hydrogen-bond donors (Lipinski definition) is 0. The second kappa shape index (κ2) is 7.57. The molecule has 4 rings (SSSR count). The van der Waals surface area contributed by atoms with E-state index in [-0.39, 0.29) is 29.3 Å².